The Kier molecular flexibility index (Phi) is 4.15. The molecular weight excluding hydrogens is 176 g/mol. The second kappa shape index (κ2) is 4.72. The quantitative estimate of drug-likeness (QED) is 0.650. The first-order valence-corrected chi connectivity index (χ1v) is 6.70. The second-order valence-corrected chi connectivity index (χ2v) is 6.64. The van der Waals surface area contributed by atoms with Crippen LogP contribution in [-0.2, 0) is 0 Å². The lowest BCUT2D eigenvalue weighted by Crippen LogP contribution is -2.18. The molecule has 78 valence electrons. The van der Waals surface area contributed by atoms with Crippen LogP contribution < -0.4 is 0 Å². The molecule has 0 bridgehead atoms. The maximum atomic E-state index is 2.47. The smallest absolute Gasteiger partial charge is 0.00419 e. The fraction of sp³-hybridized carbons (Fsp3) is 1.00. The highest BCUT2D eigenvalue weighted by molar-refractivity contribution is 7.99. The van der Waals surface area contributed by atoms with Gasteiger partial charge in [-0.25, -0.2) is 0 Å². The number of hydrogen-bond acceptors (Lipinski definition) is 1. The molecule has 1 rings (SSSR count). The predicted octanol–water partition coefficient (Wildman–Crippen LogP) is 4.34. The first-order valence-electron chi connectivity index (χ1n) is 5.65. The topological polar surface area (TPSA) is 0 Å². The first-order chi connectivity index (χ1) is 6.03. The Morgan fingerprint density at radius 2 is 1.69 bits per heavy atom. The van der Waals surface area contributed by atoms with Crippen LogP contribution in [0.15, 0.2) is 0 Å². The van der Waals surface area contributed by atoms with E-state index in [9.17, 15) is 0 Å². The van der Waals surface area contributed by atoms with E-state index in [2.05, 4.69) is 39.5 Å². The highest BCUT2D eigenvalue weighted by Gasteiger charge is 2.29. The van der Waals surface area contributed by atoms with Crippen LogP contribution in [0.3, 0.4) is 0 Å². The lowest BCUT2D eigenvalue weighted by Gasteiger charge is -2.26. The molecule has 1 saturated carbocycles. The second-order valence-electron chi connectivity index (χ2n) is 5.28. The number of rotatable bonds is 4. The summed E-state index contributed by atoms with van der Waals surface area (Å²) in [4.78, 5) is 0. The Morgan fingerprint density at radius 3 is 2.15 bits per heavy atom. The molecule has 0 aromatic carbocycles. The summed E-state index contributed by atoms with van der Waals surface area (Å²) >= 11 is 2.18. The van der Waals surface area contributed by atoms with Crippen molar-refractivity contribution in [1.82, 2.24) is 0 Å². The minimum atomic E-state index is 0.674. The maximum absolute atomic E-state index is 2.47. The standard InChI is InChI=1S/C12H24S/c1-10(2)11(3)13-9-12(4)7-5-6-8-12/h10-11H,5-9H2,1-4H3. The van der Waals surface area contributed by atoms with Gasteiger partial charge in [0.1, 0.15) is 0 Å². The van der Waals surface area contributed by atoms with Crippen molar-refractivity contribution in [3.63, 3.8) is 0 Å². The van der Waals surface area contributed by atoms with Crippen LogP contribution >= 0.6 is 11.8 Å². The Morgan fingerprint density at radius 1 is 1.15 bits per heavy atom. The van der Waals surface area contributed by atoms with Crippen LogP contribution in [0.5, 0.6) is 0 Å². The van der Waals surface area contributed by atoms with Crippen molar-refractivity contribution >= 4 is 11.8 Å². The molecule has 0 aromatic heterocycles. The third kappa shape index (κ3) is 3.53. The van der Waals surface area contributed by atoms with Crippen LogP contribution in [0.1, 0.15) is 53.4 Å². The van der Waals surface area contributed by atoms with Gasteiger partial charge >= 0.3 is 0 Å². The zero-order valence-corrected chi connectivity index (χ0v) is 10.4. The molecule has 0 spiro atoms. The third-order valence-electron chi connectivity index (χ3n) is 3.44. The molecule has 1 heteroatoms. The SMILES string of the molecule is CC(C)C(C)SCC1(C)CCCC1. The van der Waals surface area contributed by atoms with Gasteiger partial charge in [-0.15, -0.1) is 0 Å². The molecule has 1 aliphatic rings. The summed E-state index contributed by atoms with van der Waals surface area (Å²) in [5.74, 6) is 2.21. The van der Waals surface area contributed by atoms with Gasteiger partial charge in [0, 0.05) is 5.25 Å². The summed E-state index contributed by atoms with van der Waals surface area (Å²) < 4.78 is 0. The fourth-order valence-electron chi connectivity index (χ4n) is 1.90. The van der Waals surface area contributed by atoms with Gasteiger partial charge in [0.15, 0.2) is 0 Å². The molecule has 0 heterocycles. The highest BCUT2D eigenvalue weighted by atomic mass is 32.2. The van der Waals surface area contributed by atoms with Crippen molar-refractivity contribution in [3.8, 4) is 0 Å². The van der Waals surface area contributed by atoms with E-state index in [0.717, 1.165) is 11.2 Å². The number of thioether (sulfide) groups is 1. The predicted molar refractivity (Wildman–Crippen MR) is 63.3 cm³/mol. The van der Waals surface area contributed by atoms with Crippen molar-refractivity contribution in [2.24, 2.45) is 11.3 Å². The van der Waals surface area contributed by atoms with Crippen LogP contribution in [0.25, 0.3) is 0 Å². The average Bonchev–Trinajstić information content (AvgIpc) is 2.48. The van der Waals surface area contributed by atoms with Crippen LogP contribution in [0.2, 0.25) is 0 Å². The fourth-order valence-corrected chi connectivity index (χ4v) is 3.24. The molecular formula is C12H24S. The van der Waals surface area contributed by atoms with Gasteiger partial charge in [-0.3, -0.25) is 0 Å². The van der Waals surface area contributed by atoms with E-state index in [1.165, 1.54) is 31.4 Å². The summed E-state index contributed by atoms with van der Waals surface area (Å²) in [6, 6.07) is 0. The maximum Gasteiger partial charge on any atom is 0.00419 e. The van der Waals surface area contributed by atoms with Gasteiger partial charge in [0.25, 0.3) is 0 Å². The van der Waals surface area contributed by atoms with Crippen LogP contribution in [-0.4, -0.2) is 11.0 Å². The summed E-state index contributed by atoms with van der Waals surface area (Å²) in [6.45, 7) is 9.50. The molecule has 13 heavy (non-hydrogen) atoms. The Hall–Kier alpha value is 0.350. The summed E-state index contributed by atoms with van der Waals surface area (Å²) in [6.07, 6.45) is 5.86. The number of hydrogen-bond donors (Lipinski definition) is 0. The average molecular weight is 200 g/mol. The van der Waals surface area contributed by atoms with Gasteiger partial charge in [-0.05, 0) is 29.9 Å². The molecule has 0 nitrogen and oxygen atoms in total. The normalized spacial score (nSPS) is 23.8. The molecule has 0 aliphatic heterocycles. The van der Waals surface area contributed by atoms with E-state index in [-0.39, 0.29) is 0 Å². The zero-order chi connectivity index (χ0) is 9.90. The molecule has 0 amide bonds. The van der Waals surface area contributed by atoms with E-state index in [1.807, 2.05) is 0 Å². The van der Waals surface area contributed by atoms with E-state index >= 15 is 0 Å². The largest absolute Gasteiger partial charge is 0.158 e. The molecule has 1 fully saturated rings. The monoisotopic (exact) mass is 200 g/mol. The Labute approximate surface area is 87.9 Å². The molecule has 0 saturated heterocycles. The minimum Gasteiger partial charge on any atom is -0.158 e. The van der Waals surface area contributed by atoms with E-state index < -0.39 is 0 Å². The molecule has 0 aromatic rings. The lowest BCUT2D eigenvalue weighted by molar-refractivity contribution is 0.391. The van der Waals surface area contributed by atoms with Gasteiger partial charge in [0.05, 0.1) is 0 Å². The van der Waals surface area contributed by atoms with Crippen molar-refractivity contribution in [2.45, 2.75) is 58.6 Å². The summed E-state index contributed by atoms with van der Waals surface area (Å²) in [5.41, 5.74) is 0.674. The van der Waals surface area contributed by atoms with Crippen molar-refractivity contribution in [1.29, 1.82) is 0 Å². The van der Waals surface area contributed by atoms with E-state index in [4.69, 9.17) is 0 Å². The zero-order valence-electron chi connectivity index (χ0n) is 9.60. The van der Waals surface area contributed by atoms with E-state index in [0.29, 0.717) is 5.41 Å². The van der Waals surface area contributed by atoms with Crippen molar-refractivity contribution in [2.75, 3.05) is 5.75 Å². The summed E-state index contributed by atoms with van der Waals surface area (Å²) in [7, 11) is 0. The molecule has 0 radical (unpaired) electrons. The van der Waals surface area contributed by atoms with Crippen molar-refractivity contribution in [3.05, 3.63) is 0 Å². The highest BCUT2D eigenvalue weighted by Crippen LogP contribution is 2.41. The van der Waals surface area contributed by atoms with Crippen LogP contribution in [0.4, 0.5) is 0 Å². The third-order valence-corrected chi connectivity index (χ3v) is 5.38. The van der Waals surface area contributed by atoms with Gasteiger partial charge in [0.2, 0.25) is 0 Å². The Bertz CT molecular complexity index is 145. The van der Waals surface area contributed by atoms with E-state index in [1.54, 1.807) is 0 Å². The minimum absolute atomic E-state index is 0.674. The molecule has 1 unspecified atom stereocenters. The summed E-state index contributed by atoms with van der Waals surface area (Å²) in [5, 5.41) is 0.831. The van der Waals surface area contributed by atoms with Gasteiger partial charge < -0.3 is 0 Å². The Balaban J connectivity index is 2.24. The lowest BCUT2D eigenvalue weighted by atomic mass is 9.92. The first kappa shape index (κ1) is 11.4. The van der Waals surface area contributed by atoms with Crippen molar-refractivity contribution < 1.29 is 0 Å². The van der Waals surface area contributed by atoms with Gasteiger partial charge in [-0.2, -0.15) is 11.8 Å². The van der Waals surface area contributed by atoms with Crippen LogP contribution in [0, 0.1) is 11.3 Å². The molecule has 0 N–H and O–H groups in total. The molecule has 1 atom stereocenters. The molecule has 1 aliphatic carbocycles. The van der Waals surface area contributed by atoms with Gasteiger partial charge in [-0.1, -0.05) is 40.5 Å².